The Labute approximate surface area is 189 Å². The predicted octanol–water partition coefficient (Wildman–Crippen LogP) is 3.68. The first kappa shape index (κ1) is 24.7. The first-order chi connectivity index (χ1) is 15.5. The van der Waals surface area contributed by atoms with Gasteiger partial charge < -0.3 is 10.1 Å². The zero-order valence-corrected chi connectivity index (χ0v) is 18.5. The summed E-state index contributed by atoms with van der Waals surface area (Å²) in [5.41, 5.74) is -1.44. The van der Waals surface area contributed by atoms with E-state index in [0.29, 0.717) is 0 Å². The van der Waals surface area contributed by atoms with Crippen molar-refractivity contribution in [3.63, 3.8) is 0 Å². The van der Waals surface area contributed by atoms with Crippen LogP contribution in [0.5, 0.6) is 0 Å². The maximum Gasteiger partial charge on any atom is 0.418 e. The summed E-state index contributed by atoms with van der Waals surface area (Å²) in [7, 11) is -3.67. The first-order valence-corrected chi connectivity index (χ1v) is 11.7. The highest BCUT2D eigenvalue weighted by molar-refractivity contribution is 7.89. The Kier molecular flexibility index (Phi) is 7.43. The Morgan fingerprint density at radius 3 is 2.21 bits per heavy atom. The third-order valence-electron chi connectivity index (χ3n) is 5.32. The Bertz CT molecular complexity index is 1100. The second-order valence-corrected chi connectivity index (χ2v) is 9.54. The molecule has 1 N–H and O–H groups in total. The van der Waals surface area contributed by atoms with Gasteiger partial charge in [0.1, 0.15) is 0 Å². The molecule has 0 aliphatic carbocycles. The van der Waals surface area contributed by atoms with E-state index in [1.807, 2.05) is 0 Å². The second kappa shape index (κ2) is 9.92. The summed E-state index contributed by atoms with van der Waals surface area (Å²) in [5, 5.41) is 2.15. The quantitative estimate of drug-likeness (QED) is 0.632. The first-order valence-electron chi connectivity index (χ1n) is 10.2. The van der Waals surface area contributed by atoms with Crippen LogP contribution < -0.4 is 5.32 Å². The molecule has 1 saturated heterocycles. The third-order valence-corrected chi connectivity index (χ3v) is 7.23. The molecule has 1 aliphatic rings. The van der Waals surface area contributed by atoms with Crippen LogP contribution in [-0.4, -0.2) is 43.8 Å². The van der Waals surface area contributed by atoms with Crippen LogP contribution in [0.3, 0.4) is 0 Å². The van der Waals surface area contributed by atoms with Crippen LogP contribution in [0.15, 0.2) is 59.5 Å². The molecular formula is C22H23F3N2O5S. The van der Waals surface area contributed by atoms with Gasteiger partial charge in [-0.1, -0.05) is 30.3 Å². The number of carbonyl (C=O) groups is 2. The van der Waals surface area contributed by atoms with Gasteiger partial charge in [0.2, 0.25) is 10.0 Å². The lowest BCUT2D eigenvalue weighted by molar-refractivity contribution is -0.158. The largest absolute Gasteiger partial charge is 0.452 e. The number of piperidine rings is 1. The molecule has 7 nitrogen and oxygen atoms in total. The summed E-state index contributed by atoms with van der Waals surface area (Å²) < 4.78 is 71.1. The molecule has 1 atom stereocenters. The molecule has 178 valence electrons. The van der Waals surface area contributed by atoms with E-state index >= 15 is 0 Å². The fourth-order valence-corrected chi connectivity index (χ4v) is 4.96. The zero-order chi connectivity index (χ0) is 24.2. The average Bonchev–Trinajstić information content (AvgIpc) is 2.79. The minimum atomic E-state index is -4.65. The van der Waals surface area contributed by atoms with E-state index in [2.05, 4.69) is 5.32 Å². The molecule has 2 aromatic carbocycles. The number of hydrogen-bond acceptors (Lipinski definition) is 5. The molecular weight excluding hydrogens is 461 g/mol. The van der Waals surface area contributed by atoms with Crippen molar-refractivity contribution in [3.8, 4) is 0 Å². The van der Waals surface area contributed by atoms with Crippen molar-refractivity contribution >= 4 is 27.6 Å². The van der Waals surface area contributed by atoms with Gasteiger partial charge in [-0.05, 0) is 44.0 Å². The minimum absolute atomic E-state index is 0.108. The van der Waals surface area contributed by atoms with Gasteiger partial charge in [0, 0.05) is 13.1 Å². The number of rotatable bonds is 6. The predicted molar refractivity (Wildman–Crippen MR) is 114 cm³/mol. The van der Waals surface area contributed by atoms with Crippen molar-refractivity contribution in [2.75, 3.05) is 18.4 Å². The van der Waals surface area contributed by atoms with Gasteiger partial charge >= 0.3 is 12.1 Å². The van der Waals surface area contributed by atoms with Crippen LogP contribution in [0, 0.1) is 5.92 Å². The molecule has 3 rings (SSSR count). The van der Waals surface area contributed by atoms with Crippen molar-refractivity contribution in [2.45, 2.75) is 36.9 Å². The summed E-state index contributed by atoms with van der Waals surface area (Å²) in [4.78, 5) is 24.9. The highest BCUT2D eigenvalue weighted by Gasteiger charge is 2.35. The lowest BCUT2D eigenvalue weighted by Gasteiger charge is -2.30. The third kappa shape index (κ3) is 5.91. The second-order valence-electron chi connectivity index (χ2n) is 7.60. The van der Waals surface area contributed by atoms with E-state index in [0.717, 1.165) is 12.1 Å². The summed E-state index contributed by atoms with van der Waals surface area (Å²) >= 11 is 0. The number of nitrogens with zero attached hydrogens (tertiary/aromatic N) is 1. The lowest BCUT2D eigenvalue weighted by atomic mass is 9.98. The number of ether oxygens (including phenoxy) is 1. The van der Waals surface area contributed by atoms with E-state index < -0.39 is 51.3 Å². The molecule has 1 aliphatic heterocycles. The fourth-order valence-electron chi connectivity index (χ4n) is 3.47. The Morgan fingerprint density at radius 2 is 1.61 bits per heavy atom. The lowest BCUT2D eigenvalue weighted by Crippen LogP contribution is -2.41. The van der Waals surface area contributed by atoms with Gasteiger partial charge in [0.15, 0.2) is 6.10 Å². The van der Waals surface area contributed by atoms with Crippen LogP contribution in [0.2, 0.25) is 0 Å². The van der Waals surface area contributed by atoms with E-state index in [1.165, 1.54) is 35.5 Å². The number of anilines is 1. The molecule has 1 amide bonds. The number of para-hydroxylation sites is 1. The molecule has 2 aromatic rings. The topological polar surface area (TPSA) is 92.8 Å². The van der Waals surface area contributed by atoms with Crippen molar-refractivity contribution < 1.29 is 35.9 Å². The van der Waals surface area contributed by atoms with Gasteiger partial charge in [0.05, 0.1) is 22.1 Å². The normalized spacial score (nSPS) is 16.7. The highest BCUT2D eigenvalue weighted by Crippen LogP contribution is 2.34. The molecule has 11 heteroatoms. The van der Waals surface area contributed by atoms with Gasteiger partial charge in [0.25, 0.3) is 5.91 Å². The van der Waals surface area contributed by atoms with Crippen LogP contribution >= 0.6 is 0 Å². The van der Waals surface area contributed by atoms with E-state index in [9.17, 15) is 31.2 Å². The molecule has 0 saturated carbocycles. The summed E-state index contributed by atoms with van der Waals surface area (Å²) in [6.45, 7) is 1.48. The maximum atomic E-state index is 13.1. The number of benzene rings is 2. The molecule has 1 heterocycles. The number of nitrogens with one attached hydrogen (secondary N) is 1. The number of esters is 1. The number of sulfonamides is 1. The van der Waals surface area contributed by atoms with Crippen molar-refractivity contribution in [1.29, 1.82) is 0 Å². The van der Waals surface area contributed by atoms with E-state index in [1.54, 1.807) is 18.2 Å². The summed E-state index contributed by atoms with van der Waals surface area (Å²) in [6, 6.07) is 12.4. The molecule has 0 radical (unpaired) electrons. The van der Waals surface area contributed by atoms with Gasteiger partial charge in [-0.2, -0.15) is 17.5 Å². The zero-order valence-electron chi connectivity index (χ0n) is 17.7. The number of alkyl halides is 3. The van der Waals surface area contributed by atoms with Gasteiger partial charge in [-0.3, -0.25) is 9.59 Å². The van der Waals surface area contributed by atoms with Crippen molar-refractivity contribution in [1.82, 2.24) is 4.31 Å². The smallest absolute Gasteiger partial charge is 0.418 e. The number of amides is 1. The van der Waals surface area contributed by atoms with Gasteiger partial charge in [-0.25, -0.2) is 8.42 Å². The standard InChI is InChI=1S/C22H23F3N2O5S/c1-15(20(28)26-19-10-6-5-9-18(19)22(23,24)25)32-21(29)16-11-13-27(14-12-16)33(30,31)17-7-3-2-4-8-17/h2-10,15-16H,11-14H2,1H3,(H,26,28). The Balaban J connectivity index is 1.56. The Hall–Kier alpha value is -2.92. The van der Waals surface area contributed by atoms with Crippen molar-refractivity contribution in [3.05, 3.63) is 60.2 Å². The fraction of sp³-hybridized carbons (Fsp3) is 0.364. The number of hydrogen-bond donors (Lipinski definition) is 1. The van der Waals surface area contributed by atoms with Crippen LogP contribution in [0.4, 0.5) is 18.9 Å². The number of carbonyl (C=O) groups excluding carboxylic acids is 2. The highest BCUT2D eigenvalue weighted by atomic mass is 32.2. The van der Waals surface area contributed by atoms with Crippen LogP contribution in [0.25, 0.3) is 0 Å². The SMILES string of the molecule is CC(OC(=O)C1CCN(S(=O)(=O)c2ccccc2)CC1)C(=O)Nc1ccccc1C(F)(F)F. The molecule has 1 unspecified atom stereocenters. The summed E-state index contributed by atoms with van der Waals surface area (Å²) in [6.07, 6.45) is -5.57. The summed E-state index contributed by atoms with van der Waals surface area (Å²) in [5.74, 6) is -2.22. The monoisotopic (exact) mass is 484 g/mol. The van der Waals surface area contributed by atoms with E-state index in [4.69, 9.17) is 4.74 Å². The molecule has 0 bridgehead atoms. The van der Waals surface area contributed by atoms with Gasteiger partial charge in [-0.15, -0.1) is 0 Å². The van der Waals surface area contributed by atoms with E-state index in [-0.39, 0.29) is 30.8 Å². The van der Waals surface area contributed by atoms with Crippen LogP contribution in [-0.2, 0) is 30.5 Å². The molecule has 1 fully saturated rings. The molecule has 0 spiro atoms. The molecule has 33 heavy (non-hydrogen) atoms. The Morgan fingerprint density at radius 1 is 1.03 bits per heavy atom. The van der Waals surface area contributed by atoms with Crippen molar-refractivity contribution in [2.24, 2.45) is 5.92 Å². The van der Waals surface area contributed by atoms with Crippen LogP contribution in [0.1, 0.15) is 25.3 Å². The maximum absolute atomic E-state index is 13.1. The minimum Gasteiger partial charge on any atom is -0.452 e. The number of halogens is 3. The average molecular weight is 484 g/mol. The molecule has 0 aromatic heterocycles.